The molecule has 2 atom stereocenters. The van der Waals surface area contributed by atoms with E-state index in [0.717, 1.165) is 25.2 Å². The molecule has 0 amide bonds. The second-order valence-corrected chi connectivity index (χ2v) is 5.28. The molecule has 0 saturated carbocycles. The number of aliphatic hydroxyl groups is 1. The van der Waals surface area contributed by atoms with Crippen LogP contribution in [-0.2, 0) is 6.54 Å². The van der Waals surface area contributed by atoms with Crippen molar-refractivity contribution in [3.05, 3.63) is 22.6 Å². The third kappa shape index (κ3) is 3.10. The van der Waals surface area contributed by atoms with Crippen molar-refractivity contribution in [2.45, 2.75) is 39.3 Å². The fraction of sp³-hybridized carbons (Fsp3) is 0.692. The van der Waals surface area contributed by atoms with Crippen molar-refractivity contribution >= 4 is 5.69 Å². The Balaban J connectivity index is 2.15. The molecule has 1 fully saturated rings. The maximum Gasteiger partial charge on any atom is 0.268 e. The van der Waals surface area contributed by atoms with E-state index in [9.17, 15) is 9.90 Å². The van der Waals surface area contributed by atoms with E-state index in [1.165, 1.54) is 11.1 Å². The zero-order chi connectivity index (χ0) is 13.1. The Morgan fingerprint density at radius 2 is 2.39 bits per heavy atom. The van der Waals surface area contributed by atoms with Crippen molar-refractivity contribution in [3.8, 4) is 0 Å². The van der Waals surface area contributed by atoms with Crippen LogP contribution in [0.15, 0.2) is 17.1 Å². The Hall–Kier alpha value is -1.36. The number of hydrogen-bond acceptors (Lipinski definition) is 4. The summed E-state index contributed by atoms with van der Waals surface area (Å²) in [6.07, 6.45) is 3.58. The standard InChI is InChI=1S/C13H21N3O2/c1-10-4-3-5-15(8-10)12-6-13(18)16(14-7-12)9-11(2)17/h6-7,10-11,17H,3-5,8-9H2,1-2H3. The van der Waals surface area contributed by atoms with Gasteiger partial charge in [-0.2, -0.15) is 5.10 Å². The summed E-state index contributed by atoms with van der Waals surface area (Å²) in [6.45, 7) is 6.10. The fourth-order valence-corrected chi connectivity index (χ4v) is 2.41. The van der Waals surface area contributed by atoms with Crippen molar-refractivity contribution in [1.82, 2.24) is 9.78 Å². The summed E-state index contributed by atoms with van der Waals surface area (Å²) in [4.78, 5) is 14.1. The smallest absolute Gasteiger partial charge is 0.268 e. The minimum Gasteiger partial charge on any atom is -0.391 e. The summed E-state index contributed by atoms with van der Waals surface area (Å²) >= 11 is 0. The predicted octanol–water partition coefficient (Wildman–Crippen LogP) is 0.860. The van der Waals surface area contributed by atoms with Crippen molar-refractivity contribution < 1.29 is 5.11 Å². The largest absolute Gasteiger partial charge is 0.391 e. The molecule has 1 aliphatic rings. The molecule has 0 aliphatic carbocycles. The Kier molecular flexibility index (Phi) is 4.01. The number of piperidine rings is 1. The summed E-state index contributed by atoms with van der Waals surface area (Å²) in [5, 5.41) is 13.4. The van der Waals surface area contributed by atoms with Crippen LogP contribution in [0.25, 0.3) is 0 Å². The number of anilines is 1. The average Bonchev–Trinajstić information content (AvgIpc) is 2.31. The minimum absolute atomic E-state index is 0.147. The first-order valence-electron chi connectivity index (χ1n) is 6.56. The van der Waals surface area contributed by atoms with Crippen LogP contribution < -0.4 is 10.5 Å². The fourth-order valence-electron chi connectivity index (χ4n) is 2.41. The molecule has 2 unspecified atom stereocenters. The first-order valence-corrected chi connectivity index (χ1v) is 6.56. The lowest BCUT2D eigenvalue weighted by Crippen LogP contribution is -2.36. The molecule has 18 heavy (non-hydrogen) atoms. The number of nitrogens with zero attached hydrogens (tertiary/aromatic N) is 3. The minimum atomic E-state index is -0.559. The van der Waals surface area contributed by atoms with Gasteiger partial charge in [0.25, 0.3) is 5.56 Å². The van der Waals surface area contributed by atoms with Crippen LogP contribution in [0.5, 0.6) is 0 Å². The molecule has 0 radical (unpaired) electrons. The van der Waals surface area contributed by atoms with E-state index in [0.29, 0.717) is 5.92 Å². The quantitative estimate of drug-likeness (QED) is 0.865. The lowest BCUT2D eigenvalue weighted by atomic mass is 10.00. The third-order valence-electron chi connectivity index (χ3n) is 3.31. The Morgan fingerprint density at radius 1 is 1.61 bits per heavy atom. The van der Waals surface area contributed by atoms with Gasteiger partial charge in [0.2, 0.25) is 0 Å². The van der Waals surface area contributed by atoms with Gasteiger partial charge in [-0.15, -0.1) is 0 Å². The molecular weight excluding hydrogens is 230 g/mol. The van der Waals surface area contributed by atoms with E-state index < -0.39 is 6.10 Å². The zero-order valence-electron chi connectivity index (χ0n) is 11.0. The van der Waals surface area contributed by atoms with E-state index in [1.54, 1.807) is 19.2 Å². The topological polar surface area (TPSA) is 58.4 Å². The Labute approximate surface area is 107 Å². The highest BCUT2D eigenvalue weighted by Crippen LogP contribution is 2.20. The molecule has 2 heterocycles. The van der Waals surface area contributed by atoms with E-state index in [1.807, 2.05) is 0 Å². The van der Waals surface area contributed by atoms with Gasteiger partial charge in [0, 0.05) is 19.2 Å². The van der Waals surface area contributed by atoms with Crippen molar-refractivity contribution in [2.75, 3.05) is 18.0 Å². The maximum absolute atomic E-state index is 11.9. The van der Waals surface area contributed by atoms with Crippen LogP contribution in [0.3, 0.4) is 0 Å². The van der Waals surface area contributed by atoms with E-state index in [-0.39, 0.29) is 12.1 Å². The average molecular weight is 251 g/mol. The molecule has 0 aromatic carbocycles. The lowest BCUT2D eigenvalue weighted by Gasteiger charge is -2.32. The molecular formula is C13H21N3O2. The third-order valence-corrected chi connectivity index (χ3v) is 3.31. The molecule has 1 aliphatic heterocycles. The molecule has 5 nitrogen and oxygen atoms in total. The summed E-state index contributed by atoms with van der Waals surface area (Å²) in [6, 6.07) is 1.62. The summed E-state index contributed by atoms with van der Waals surface area (Å²) in [7, 11) is 0. The lowest BCUT2D eigenvalue weighted by molar-refractivity contribution is 0.166. The molecule has 0 spiro atoms. The second kappa shape index (κ2) is 5.52. The van der Waals surface area contributed by atoms with Gasteiger partial charge in [-0.1, -0.05) is 6.92 Å². The van der Waals surface area contributed by atoms with Gasteiger partial charge in [-0.25, -0.2) is 4.68 Å². The number of rotatable bonds is 3. The van der Waals surface area contributed by atoms with Gasteiger partial charge >= 0.3 is 0 Å². The normalized spacial score (nSPS) is 21.9. The molecule has 0 bridgehead atoms. The van der Waals surface area contributed by atoms with Crippen LogP contribution in [-0.4, -0.2) is 34.1 Å². The van der Waals surface area contributed by atoms with Gasteiger partial charge in [0.05, 0.1) is 24.5 Å². The summed E-state index contributed by atoms with van der Waals surface area (Å²) in [5.74, 6) is 0.665. The van der Waals surface area contributed by atoms with Gasteiger partial charge < -0.3 is 10.0 Å². The molecule has 2 rings (SSSR count). The van der Waals surface area contributed by atoms with Crippen LogP contribution in [0.1, 0.15) is 26.7 Å². The molecule has 100 valence electrons. The molecule has 1 saturated heterocycles. The first kappa shape index (κ1) is 13.1. The highest BCUT2D eigenvalue weighted by molar-refractivity contribution is 5.43. The van der Waals surface area contributed by atoms with Crippen molar-refractivity contribution in [3.63, 3.8) is 0 Å². The van der Waals surface area contributed by atoms with Crippen LogP contribution >= 0.6 is 0 Å². The highest BCUT2D eigenvalue weighted by atomic mass is 16.3. The van der Waals surface area contributed by atoms with Gasteiger partial charge in [0.15, 0.2) is 0 Å². The van der Waals surface area contributed by atoms with Gasteiger partial charge in [0.1, 0.15) is 0 Å². The van der Waals surface area contributed by atoms with Crippen LogP contribution in [0.4, 0.5) is 5.69 Å². The summed E-state index contributed by atoms with van der Waals surface area (Å²) in [5.41, 5.74) is 0.750. The van der Waals surface area contributed by atoms with E-state index in [4.69, 9.17) is 0 Å². The Morgan fingerprint density at radius 3 is 3.00 bits per heavy atom. The molecule has 5 heteroatoms. The number of aromatic nitrogens is 2. The van der Waals surface area contributed by atoms with E-state index >= 15 is 0 Å². The molecule has 1 aromatic rings. The monoisotopic (exact) mass is 251 g/mol. The second-order valence-electron chi connectivity index (χ2n) is 5.28. The molecule has 1 aromatic heterocycles. The van der Waals surface area contributed by atoms with Crippen molar-refractivity contribution in [1.29, 1.82) is 0 Å². The zero-order valence-corrected chi connectivity index (χ0v) is 11.0. The predicted molar refractivity (Wildman–Crippen MR) is 70.8 cm³/mol. The maximum atomic E-state index is 11.9. The van der Waals surface area contributed by atoms with Crippen molar-refractivity contribution in [2.24, 2.45) is 5.92 Å². The highest BCUT2D eigenvalue weighted by Gasteiger charge is 2.17. The van der Waals surface area contributed by atoms with E-state index in [2.05, 4.69) is 16.9 Å². The Bertz CT molecular complexity index is 456. The number of hydrogen-bond donors (Lipinski definition) is 1. The SMILES string of the molecule is CC(O)Cn1ncc(N2CCCC(C)C2)cc1=O. The van der Waals surface area contributed by atoms with Gasteiger partial charge in [-0.3, -0.25) is 4.79 Å². The van der Waals surface area contributed by atoms with Gasteiger partial charge in [-0.05, 0) is 25.7 Å². The van der Waals surface area contributed by atoms with Crippen LogP contribution in [0.2, 0.25) is 0 Å². The van der Waals surface area contributed by atoms with Crippen LogP contribution in [0, 0.1) is 5.92 Å². The number of aliphatic hydroxyl groups excluding tert-OH is 1. The first-order chi connectivity index (χ1) is 8.56. The molecule has 1 N–H and O–H groups in total. The summed E-state index contributed by atoms with van der Waals surface area (Å²) < 4.78 is 1.31.